The Morgan fingerprint density at radius 3 is 2.04 bits per heavy atom. The summed E-state index contributed by atoms with van der Waals surface area (Å²) in [5.74, 6) is 1.09. The van der Waals surface area contributed by atoms with Crippen molar-refractivity contribution in [3.05, 3.63) is 97.0 Å². The maximum atomic E-state index is 9.71. The van der Waals surface area contributed by atoms with Crippen molar-refractivity contribution < 1.29 is 14.3 Å². The van der Waals surface area contributed by atoms with Crippen LogP contribution in [0.25, 0.3) is 0 Å². The highest BCUT2D eigenvalue weighted by molar-refractivity contribution is 8.09. The van der Waals surface area contributed by atoms with E-state index in [1.165, 1.54) is 12.4 Å². The first kappa shape index (κ1) is 18.1. The third-order valence-electron chi connectivity index (χ3n) is 3.15. The average molecular weight is 385 g/mol. The van der Waals surface area contributed by atoms with Gasteiger partial charge in [0.1, 0.15) is 11.5 Å². The topological polar surface area (TPSA) is 66.7 Å². The Morgan fingerprint density at radius 2 is 1.50 bits per heavy atom. The maximum absolute atomic E-state index is 9.71. The van der Waals surface area contributed by atoms with Gasteiger partial charge in [-0.25, -0.2) is 5.06 Å². The zero-order valence-corrected chi connectivity index (χ0v) is 15.3. The molecule has 0 aromatic heterocycles. The number of para-hydroxylation sites is 2. The Kier molecular flexibility index (Phi) is 5.96. The molecular weight excluding hydrogens is 369 g/mol. The minimum atomic E-state index is -3.15. The van der Waals surface area contributed by atoms with Crippen LogP contribution in [-0.2, 0) is 11.8 Å². The summed E-state index contributed by atoms with van der Waals surface area (Å²) in [6, 6.07) is 18.2. The summed E-state index contributed by atoms with van der Waals surface area (Å²) in [4.78, 5) is 4.11. The first-order valence-corrected chi connectivity index (χ1v) is 10.3. The Morgan fingerprint density at radius 1 is 0.923 bits per heavy atom. The molecule has 0 amide bonds. The van der Waals surface area contributed by atoms with Crippen molar-refractivity contribution in [2.75, 3.05) is 0 Å². The van der Waals surface area contributed by atoms with E-state index >= 15 is 0 Å². The molecule has 0 atom stereocenters. The van der Waals surface area contributed by atoms with E-state index in [4.69, 9.17) is 20.9 Å². The third-order valence-corrected chi connectivity index (χ3v) is 5.02. The van der Waals surface area contributed by atoms with E-state index in [1.807, 2.05) is 36.4 Å². The van der Waals surface area contributed by atoms with Crippen molar-refractivity contribution in [1.29, 1.82) is 0 Å². The highest BCUT2D eigenvalue weighted by atomic mass is 32.5. The normalized spacial score (nSPS) is 15.6. The van der Waals surface area contributed by atoms with Crippen molar-refractivity contribution in [2.45, 2.75) is 0 Å². The SMILES string of the molecule is ON1C=CC=CC1=CN=NP(=S)(Oc1ccccc1)Oc1ccccc1. The van der Waals surface area contributed by atoms with Crippen LogP contribution in [0.2, 0.25) is 0 Å². The van der Waals surface area contributed by atoms with Gasteiger partial charge >= 0.3 is 6.64 Å². The predicted octanol–water partition coefficient (Wildman–Crippen LogP) is 5.44. The smallest absolute Gasteiger partial charge is 0.418 e. The fourth-order valence-electron chi connectivity index (χ4n) is 1.98. The van der Waals surface area contributed by atoms with Crippen molar-refractivity contribution >= 4 is 18.4 Å². The zero-order valence-electron chi connectivity index (χ0n) is 13.6. The van der Waals surface area contributed by atoms with Crippen LogP contribution >= 0.6 is 6.64 Å². The van der Waals surface area contributed by atoms with Gasteiger partial charge in [-0.15, -0.1) is 0 Å². The number of hydroxylamine groups is 2. The van der Waals surface area contributed by atoms with E-state index < -0.39 is 6.64 Å². The molecule has 0 radical (unpaired) electrons. The van der Waals surface area contributed by atoms with Crippen molar-refractivity contribution in [3.63, 3.8) is 0 Å². The molecule has 0 saturated heterocycles. The lowest BCUT2D eigenvalue weighted by Gasteiger charge is -2.18. The van der Waals surface area contributed by atoms with Gasteiger partial charge in [-0.2, -0.15) is 5.11 Å². The van der Waals surface area contributed by atoms with Gasteiger partial charge in [0.25, 0.3) is 0 Å². The summed E-state index contributed by atoms with van der Waals surface area (Å²) < 4.78 is 11.7. The minimum Gasteiger partial charge on any atom is -0.418 e. The molecule has 132 valence electrons. The zero-order chi connectivity index (χ0) is 18.2. The largest absolute Gasteiger partial charge is 0.432 e. The van der Waals surface area contributed by atoms with Crippen LogP contribution in [0.15, 0.2) is 107 Å². The predicted molar refractivity (Wildman–Crippen MR) is 103 cm³/mol. The Bertz CT molecular complexity index is 853. The molecule has 0 unspecified atom stereocenters. The van der Waals surface area contributed by atoms with Crippen molar-refractivity contribution in [2.24, 2.45) is 10.00 Å². The maximum Gasteiger partial charge on any atom is 0.432 e. The van der Waals surface area contributed by atoms with Gasteiger partial charge in [0.2, 0.25) is 0 Å². The van der Waals surface area contributed by atoms with E-state index in [0.717, 1.165) is 5.06 Å². The van der Waals surface area contributed by atoms with E-state index in [-0.39, 0.29) is 0 Å². The minimum absolute atomic E-state index is 0.442. The molecule has 0 spiro atoms. The highest BCUT2D eigenvalue weighted by Gasteiger charge is 2.22. The monoisotopic (exact) mass is 385 g/mol. The number of hydrogen-bond donors (Lipinski definition) is 1. The summed E-state index contributed by atoms with van der Waals surface area (Å²) in [5, 5.41) is 14.6. The molecule has 6 nitrogen and oxygen atoms in total. The fraction of sp³-hybridized carbons (Fsp3) is 0. The van der Waals surface area contributed by atoms with Crippen LogP contribution in [0.3, 0.4) is 0 Å². The van der Waals surface area contributed by atoms with E-state index in [9.17, 15) is 5.21 Å². The summed E-state index contributed by atoms with van der Waals surface area (Å²) in [6.07, 6.45) is 8.00. The number of benzene rings is 2. The number of nitrogens with zero attached hydrogens (tertiary/aromatic N) is 3. The summed E-state index contributed by atoms with van der Waals surface area (Å²) >= 11 is 5.53. The van der Waals surface area contributed by atoms with Crippen LogP contribution in [0.1, 0.15) is 0 Å². The number of rotatable bonds is 6. The van der Waals surface area contributed by atoms with Crippen LogP contribution in [0.5, 0.6) is 11.5 Å². The molecule has 2 aromatic carbocycles. The van der Waals surface area contributed by atoms with Crippen LogP contribution in [-0.4, -0.2) is 10.3 Å². The second-order valence-electron chi connectivity index (χ2n) is 5.08. The summed E-state index contributed by atoms with van der Waals surface area (Å²) in [7, 11) is 0. The molecule has 8 heteroatoms. The molecule has 3 rings (SSSR count). The van der Waals surface area contributed by atoms with Crippen LogP contribution < -0.4 is 9.05 Å². The van der Waals surface area contributed by atoms with Gasteiger partial charge in [0.15, 0.2) is 0 Å². The fourth-order valence-corrected chi connectivity index (χ4v) is 3.69. The molecule has 0 aliphatic carbocycles. The second kappa shape index (κ2) is 8.58. The molecule has 2 aromatic rings. The van der Waals surface area contributed by atoms with Gasteiger partial charge in [-0.05, 0) is 36.4 Å². The van der Waals surface area contributed by atoms with Crippen molar-refractivity contribution in [3.8, 4) is 11.5 Å². The van der Waals surface area contributed by atoms with E-state index in [0.29, 0.717) is 17.2 Å². The van der Waals surface area contributed by atoms with Gasteiger partial charge in [0.05, 0.1) is 11.9 Å². The lowest BCUT2D eigenvalue weighted by Crippen LogP contribution is -2.10. The third kappa shape index (κ3) is 5.13. The Balaban J connectivity index is 1.83. The quantitative estimate of drug-likeness (QED) is 0.530. The van der Waals surface area contributed by atoms with Gasteiger partial charge in [0, 0.05) is 18.0 Å². The molecule has 0 bridgehead atoms. The lowest BCUT2D eigenvalue weighted by molar-refractivity contribution is -0.000514. The van der Waals surface area contributed by atoms with Gasteiger partial charge in [-0.1, -0.05) is 47.4 Å². The first-order valence-electron chi connectivity index (χ1n) is 7.69. The number of hydrogen-bond acceptors (Lipinski definition) is 6. The first-order chi connectivity index (χ1) is 12.6. The molecule has 0 saturated carbocycles. The van der Waals surface area contributed by atoms with Crippen LogP contribution in [0, 0.1) is 0 Å². The molecule has 0 fully saturated rings. The van der Waals surface area contributed by atoms with Crippen molar-refractivity contribution in [1.82, 2.24) is 5.06 Å². The molecule has 1 aliphatic rings. The Labute approximate surface area is 156 Å². The number of allylic oxidation sites excluding steroid dienone is 3. The average Bonchev–Trinajstić information content (AvgIpc) is 2.65. The molecule has 1 aliphatic heterocycles. The van der Waals surface area contributed by atoms with E-state index in [1.54, 1.807) is 42.5 Å². The highest BCUT2D eigenvalue weighted by Crippen LogP contribution is 2.50. The summed E-state index contributed by atoms with van der Waals surface area (Å²) in [6.45, 7) is -3.15. The van der Waals surface area contributed by atoms with E-state index in [2.05, 4.69) is 10.00 Å². The molecule has 1 heterocycles. The van der Waals surface area contributed by atoms with Gasteiger partial charge in [-0.3, -0.25) is 5.21 Å². The molecule has 1 N–H and O–H groups in total. The standard InChI is InChI=1S/C18H16N3O3PS/c22-21-14-8-7-9-16(21)15-19-20-25(26,23-17-10-3-1-4-11-17)24-18-12-5-2-6-13-18/h1-15,22H. The lowest BCUT2D eigenvalue weighted by atomic mass is 10.3. The summed E-state index contributed by atoms with van der Waals surface area (Å²) in [5.41, 5.74) is 0.442. The van der Waals surface area contributed by atoms with Gasteiger partial charge < -0.3 is 9.05 Å². The Hall–Kier alpha value is -2.73. The molecular formula is C18H16N3O3PS. The van der Waals surface area contributed by atoms with Crippen LogP contribution in [0.4, 0.5) is 0 Å². The molecule has 26 heavy (non-hydrogen) atoms. The second-order valence-corrected chi connectivity index (χ2v) is 7.95.